The molecule has 9 nitrogen and oxygen atoms in total. The molecule has 0 aliphatic heterocycles. The fraction of sp³-hybridized carbons (Fsp3) is 0.318. The molecule has 4 rings (SSSR count). The summed E-state index contributed by atoms with van der Waals surface area (Å²) < 4.78 is 37.6. The van der Waals surface area contributed by atoms with E-state index in [1.54, 1.807) is 0 Å². The zero-order valence-corrected chi connectivity index (χ0v) is 19.1. The highest BCUT2D eigenvalue weighted by Gasteiger charge is 2.22. The summed E-state index contributed by atoms with van der Waals surface area (Å²) in [6, 6.07) is 10.7. The van der Waals surface area contributed by atoms with Crippen LogP contribution in [0, 0.1) is 13.8 Å². The molecule has 0 saturated heterocycles. The summed E-state index contributed by atoms with van der Waals surface area (Å²) in [5.74, 6) is -0.152. The van der Waals surface area contributed by atoms with Crippen molar-refractivity contribution in [2.24, 2.45) is 0 Å². The van der Waals surface area contributed by atoms with E-state index in [1.807, 2.05) is 42.6 Å². The topological polar surface area (TPSA) is 107 Å². The molecule has 4 aromatic rings. The van der Waals surface area contributed by atoms with Crippen LogP contribution in [0.2, 0.25) is 0 Å². The Hall–Kier alpha value is -3.24. The maximum atomic E-state index is 12.3. The van der Waals surface area contributed by atoms with Crippen molar-refractivity contribution in [2.75, 3.05) is 14.1 Å². The molecule has 0 atom stereocenters. The number of aryl methyl sites for hydroxylation is 2. The van der Waals surface area contributed by atoms with Crippen LogP contribution in [0.1, 0.15) is 29.1 Å². The van der Waals surface area contributed by atoms with Gasteiger partial charge in [-0.25, -0.2) is 22.2 Å². The van der Waals surface area contributed by atoms with Crippen LogP contribution < -0.4 is 0 Å². The third-order valence-corrected chi connectivity index (χ3v) is 7.03. The molecule has 0 radical (unpaired) electrons. The summed E-state index contributed by atoms with van der Waals surface area (Å²) in [5, 5.41) is 5.42. The Morgan fingerprint density at radius 1 is 1.16 bits per heavy atom. The molecule has 0 unspecified atom stereocenters. The standard InChI is InChI=1S/C22H24N4O5S/c1-14-17(15(2)26-22(23-14)18-7-5-6-8-19(18)24-26)10-11-20(27)30-13-16-9-12-21(31-16)32(28,29)25(3)4/h5-9,12H,10-11,13H2,1-4H3. The molecule has 0 amide bonds. The van der Waals surface area contributed by atoms with Crippen molar-refractivity contribution in [1.82, 2.24) is 18.9 Å². The van der Waals surface area contributed by atoms with Crippen LogP contribution in [0.3, 0.4) is 0 Å². The second kappa shape index (κ2) is 8.36. The average molecular weight is 457 g/mol. The van der Waals surface area contributed by atoms with Crippen LogP contribution in [0.4, 0.5) is 0 Å². The molecule has 168 valence electrons. The summed E-state index contributed by atoms with van der Waals surface area (Å²) in [7, 11) is -0.835. The zero-order chi connectivity index (χ0) is 23.0. The summed E-state index contributed by atoms with van der Waals surface area (Å²) in [5.41, 5.74) is 4.38. The van der Waals surface area contributed by atoms with Crippen LogP contribution in [0.5, 0.6) is 0 Å². The number of hydrogen-bond donors (Lipinski definition) is 0. The van der Waals surface area contributed by atoms with Gasteiger partial charge in [-0.1, -0.05) is 12.1 Å². The molecule has 1 aromatic carbocycles. The van der Waals surface area contributed by atoms with Gasteiger partial charge in [0.2, 0.25) is 5.09 Å². The Morgan fingerprint density at radius 2 is 1.91 bits per heavy atom. The van der Waals surface area contributed by atoms with E-state index in [0.717, 1.165) is 37.8 Å². The van der Waals surface area contributed by atoms with E-state index in [9.17, 15) is 13.2 Å². The molecule has 3 aromatic heterocycles. The minimum absolute atomic E-state index is 0.137. The molecule has 0 aliphatic carbocycles. The van der Waals surface area contributed by atoms with Crippen molar-refractivity contribution in [3.63, 3.8) is 0 Å². The van der Waals surface area contributed by atoms with Crippen molar-refractivity contribution in [3.05, 3.63) is 59.1 Å². The zero-order valence-electron chi connectivity index (χ0n) is 18.3. The molecule has 0 N–H and O–H groups in total. The molecule has 0 fully saturated rings. The molecule has 3 heterocycles. The number of esters is 1. The predicted molar refractivity (Wildman–Crippen MR) is 118 cm³/mol. The van der Waals surface area contributed by atoms with Gasteiger partial charge in [0.1, 0.15) is 12.4 Å². The van der Waals surface area contributed by atoms with Crippen molar-refractivity contribution in [2.45, 2.75) is 38.4 Å². The van der Waals surface area contributed by atoms with Crippen LogP contribution in [-0.4, -0.2) is 47.4 Å². The number of fused-ring (bicyclic) bond motifs is 3. The third-order valence-electron chi connectivity index (χ3n) is 5.34. The number of carbonyl (C=O) groups is 1. The van der Waals surface area contributed by atoms with Crippen LogP contribution in [0.15, 0.2) is 45.9 Å². The largest absolute Gasteiger partial charge is 0.457 e. The Balaban J connectivity index is 1.43. The van der Waals surface area contributed by atoms with E-state index in [2.05, 4.69) is 5.10 Å². The smallest absolute Gasteiger partial charge is 0.306 e. The van der Waals surface area contributed by atoms with Crippen LogP contribution >= 0.6 is 0 Å². The third kappa shape index (κ3) is 3.98. The molecule has 0 spiro atoms. The van der Waals surface area contributed by atoms with E-state index in [1.165, 1.54) is 26.2 Å². The lowest BCUT2D eigenvalue weighted by atomic mass is 10.1. The number of hydrogen-bond acceptors (Lipinski definition) is 7. The van der Waals surface area contributed by atoms with Gasteiger partial charge < -0.3 is 9.15 Å². The highest BCUT2D eigenvalue weighted by atomic mass is 32.2. The maximum absolute atomic E-state index is 12.3. The number of sulfonamides is 1. The van der Waals surface area contributed by atoms with Gasteiger partial charge in [0.25, 0.3) is 10.0 Å². The number of furan rings is 1. The molecule has 32 heavy (non-hydrogen) atoms. The van der Waals surface area contributed by atoms with Gasteiger partial charge in [-0.15, -0.1) is 0 Å². The summed E-state index contributed by atoms with van der Waals surface area (Å²) in [4.78, 5) is 17.0. The Bertz CT molecular complexity index is 1420. The van der Waals surface area contributed by atoms with E-state index >= 15 is 0 Å². The lowest BCUT2D eigenvalue weighted by Gasteiger charge is -2.11. The van der Waals surface area contributed by atoms with Gasteiger partial charge in [0.05, 0.1) is 5.52 Å². The first-order chi connectivity index (χ1) is 15.2. The van der Waals surface area contributed by atoms with Gasteiger partial charge in [-0.2, -0.15) is 5.10 Å². The second-order valence-corrected chi connectivity index (χ2v) is 9.77. The Morgan fingerprint density at radius 3 is 2.66 bits per heavy atom. The SMILES string of the molecule is Cc1nc2c3ccccc3nn2c(C)c1CCC(=O)OCc1ccc(S(=O)(=O)N(C)C)o1. The number of rotatable bonds is 7. The Kier molecular flexibility index (Phi) is 5.74. The minimum Gasteiger partial charge on any atom is -0.457 e. The Labute approximate surface area is 185 Å². The molecule has 0 aliphatic rings. The lowest BCUT2D eigenvalue weighted by Crippen LogP contribution is -2.21. The molecule has 10 heteroatoms. The number of aromatic nitrogens is 3. The predicted octanol–water partition coefficient (Wildman–Crippen LogP) is 3.02. The normalized spacial score (nSPS) is 12.2. The van der Waals surface area contributed by atoms with Gasteiger partial charge in [0, 0.05) is 37.3 Å². The first kappa shape index (κ1) is 22.0. The summed E-state index contributed by atoms with van der Waals surface area (Å²) in [6.45, 7) is 3.75. The molecule has 0 bridgehead atoms. The second-order valence-electron chi connectivity index (χ2n) is 7.68. The van der Waals surface area contributed by atoms with Gasteiger partial charge in [-0.3, -0.25) is 4.79 Å². The van der Waals surface area contributed by atoms with Crippen molar-refractivity contribution in [3.8, 4) is 0 Å². The van der Waals surface area contributed by atoms with Gasteiger partial charge in [-0.05, 0) is 50.1 Å². The van der Waals surface area contributed by atoms with E-state index < -0.39 is 16.0 Å². The highest BCUT2D eigenvalue weighted by Crippen LogP contribution is 2.23. The minimum atomic E-state index is -3.67. The van der Waals surface area contributed by atoms with Crippen molar-refractivity contribution in [1.29, 1.82) is 0 Å². The summed E-state index contributed by atoms with van der Waals surface area (Å²) >= 11 is 0. The number of ether oxygens (including phenoxy) is 1. The first-order valence-corrected chi connectivity index (χ1v) is 11.5. The van der Waals surface area contributed by atoms with E-state index in [0.29, 0.717) is 6.42 Å². The van der Waals surface area contributed by atoms with E-state index in [4.69, 9.17) is 14.1 Å². The quantitative estimate of drug-likeness (QED) is 0.393. The fourth-order valence-electron chi connectivity index (χ4n) is 3.54. The molecular weight excluding hydrogens is 432 g/mol. The highest BCUT2D eigenvalue weighted by molar-refractivity contribution is 7.88. The van der Waals surface area contributed by atoms with E-state index in [-0.39, 0.29) is 23.9 Å². The lowest BCUT2D eigenvalue weighted by molar-refractivity contribution is -0.145. The number of nitrogens with zero attached hydrogens (tertiary/aromatic N) is 4. The van der Waals surface area contributed by atoms with Gasteiger partial charge in [0.15, 0.2) is 5.65 Å². The fourth-order valence-corrected chi connectivity index (χ4v) is 4.36. The molecule has 0 saturated carbocycles. The monoisotopic (exact) mass is 456 g/mol. The van der Waals surface area contributed by atoms with Crippen LogP contribution in [0.25, 0.3) is 16.6 Å². The van der Waals surface area contributed by atoms with Crippen LogP contribution in [-0.2, 0) is 32.6 Å². The number of carbonyl (C=O) groups excluding carboxylic acids is 1. The first-order valence-electron chi connectivity index (χ1n) is 10.1. The maximum Gasteiger partial charge on any atom is 0.306 e. The molecular formula is C22H24N4O5S. The summed E-state index contributed by atoms with van der Waals surface area (Å²) in [6.07, 6.45) is 0.604. The number of benzene rings is 1. The van der Waals surface area contributed by atoms with Gasteiger partial charge >= 0.3 is 5.97 Å². The van der Waals surface area contributed by atoms with Crippen molar-refractivity contribution >= 4 is 32.5 Å². The average Bonchev–Trinajstić information content (AvgIpc) is 3.37. The van der Waals surface area contributed by atoms with Crippen molar-refractivity contribution < 1.29 is 22.4 Å².